The highest BCUT2D eigenvalue weighted by molar-refractivity contribution is 5.56. The number of carbonyl (C=O) groups is 1. The van der Waals surface area contributed by atoms with Crippen molar-refractivity contribution in [3.05, 3.63) is 81.9 Å². The second-order valence-corrected chi connectivity index (χ2v) is 10.7. The Hall–Kier alpha value is -2.76. The van der Waals surface area contributed by atoms with E-state index in [0.717, 1.165) is 17.5 Å². The Morgan fingerprint density at radius 2 is 1.68 bits per heavy atom. The summed E-state index contributed by atoms with van der Waals surface area (Å²) < 4.78 is 11.7. The molecule has 0 spiro atoms. The molecule has 4 rings (SSSR count). The van der Waals surface area contributed by atoms with Gasteiger partial charge in [-0.25, -0.2) is 0 Å². The smallest absolute Gasteiger partial charge is 0.146 e. The summed E-state index contributed by atoms with van der Waals surface area (Å²) in [7, 11) is 0. The zero-order valence-corrected chi connectivity index (χ0v) is 20.9. The van der Waals surface area contributed by atoms with Crippen molar-refractivity contribution in [1.29, 1.82) is 0 Å². The molecule has 0 amide bonds. The van der Waals surface area contributed by atoms with Crippen molar-refractivity contribution >= 4 is 12.4 Å². The number of aryl methyl sites for hydroxylation is 1. The van der Waals surface area contributed by atoms with E-state index in [-0.39, 0.29) is 23.4 Å². The van der Waals surface area contributed by atoms with E-state index < -0.39 is 5.41 Å². The molecule has 1 aliphatic heterocycles. The lowest BCUT2D eigenvalue weighted by molar-refractivity contribution is -0.129. The van der Waals surface area contributed by atoms with Gasteiger partial charge in [0, 0.05) is 29.9 Å². The van der Waals surface area contributed by atoms with Crippen LogP contribution in [0.5, 0.6) is 0 Å². The van der Waals surface area contributed by atoms with Crippen LogP contribution in [0.15, 0.2) is 48.4 Å². The third kappa shape index (κ3) is 4.47. The molecule has 1 aliphatic carbocycles. The Balaban J connectivity index is 1.80. The molecule has 2 aromatic rings. The van der Waals surface area contributed by atoms with Gasteiger partial charge in [-0.05, 0) is 46.9 Å². The second-order valence-electron chi connectivity index (χ2n) is 10.7. The van der Waals surface area contributed by atoms with Crippen molar-refractivity contribution in [3.63, 3.8) is 0 Å². The summed E-state index contributed by atoms with van der Waals surface area (Å²) >= 11 is 0. The van der Waals surface area contributed by atoms with Gasteiger partial charge in [-0.2, -0.15) is 0 Å². The van der Waals surface area contributed by atoms with E-state index >= 15 is 0 Å². The predicted molar refractivity (Wildman–Crippen MR) is 134 cm³/mol. The third-order valence-electron chi connectivity index (χ3n) is 7.18. The molecular weight excluding hydrogens is 426 g/mol. The minimum absolute atomic E-state index is 0.0288. The summed E-state index contributed by atoms with van der Waals surface area (Å²) in [4.78, 5) is 15.4. The Kier molecular flexibility index (Phi) is 6.54. The second kappa shape index (κ2) is 9.12. The van der Waals surface area contributed by atoms with Gasteiger partial charge < -0.3 is 19.4 Å². The summed E-state index contributed by atoms with van der Waals surface area (Å²) in [6.07, 6.45) is 9.46. The summed E-state index contributed by atoms with van der Waals surface area (Å²) in [5, 5.41) is 10.0. The zero-order chi connectivity index (χ0) is 24.6. The fourth-order valence-corrected chi connectivity index (χ4v) is 5.10. The number of ether oxygens (including phenoxy) is 2. The Morgan fingerprint density at radius 3 is 2.26 bits per heavy atom. The van der Waals surface area contributed by atoms with Gasteiger partial charge in [-0.3, -0.25) is 4.98 Å². The van der Waals surface area contributed by atoms with E-state index in [2.05, 4.69) is 58.9 Å². The van der Waals surface area contributed by atoms with E-state index in [0.29, 0.717) is 26.1 Å². The predicted octanol–water partition coefficient (Wildman–Crippen LogP) is 5.68. The van der Waals surface area contributed by atoms with Crippen LogP contribution in [0, 0.1) is 6.92 Å². The number of nitrogens with zero attached hydrogens (tertiary/aromatic N) is 1. The molecule has 2 heterocycles. The number of rotatable bonds is 6. The van der Waals surface area contributed by atoms with Crippen molar-refractivity contribution in [3.8, 4) is 0 Å². The maximum atomic E-state index is 10.6. The highest BCUT2D eigenvalue weighted by atomic mass is 16.7. The van der Waals surface area contributed by atoms with Crippen molar-refractivity contribution < 1.29 is 19.4 Å². The maximum absolute atomic E-state index is 10.6. The van der Waals surface area contributed by atoms with Gasteiger partial charge in [0.1, 0.15) is 13.1 Å². The minimum Gasteiger partial charge on any atom is -0.512 e. The van der Waals surface area contributed by atoms with Gasteiger partial charge in [0.25, 0.3) is 0 Å². The molecular formula is C29H35NO4. The molecule has 0 saturated carbocycles. The number of aliphatic hydroxyl groups excluding tert-OH is 1. The van der Waals surface area contributed by atoms with E-state index in [9.17, 15) is 9.90 Å². The molecule has 180 valence electrons. The lowest BCUT2D eigenvalue weighted by Gasteiger charge is -2.42. The van der Waals surface area contributed by atoms with E-state index in [1.54, 1.807) is 12.3 Å². The monoisotopic (exact) mass is 461 g/mol. The SMILES string of the molecule is Cc1cc2c(cc1C1(c3ccc(/C=C(\O)CCC=O)cn3)COCOC1)C(C)(C)C=CC2(C)C. The molecule has 2 aliphatic rings. The van der Waals surface area contributed by atoms with Crippen LogP contribution in [0.25, 0.3) is 6.08 Å². The van der Waals surface area contributed by atoms with Crippen molar-refractivity contribution in [1.82, 2.24) is 4.98 Å². The van der Waals surface area contributed by atoms with Gasteiger partial charge in [-0.15, -0.1) is 0 Å². The number of aliphatic hydroxyl groups is 1. The van der Waals surface area contributed by atoms with Crippen LogP contribution in [-0.2, 0) is 30.5 Å². The van der Waals surface area contributed by atoms with Crippen molar-refractivity contribution in [2.45, 2.75) is 63.7 Å². The van der Waals surface area contributed by atoms with Gasteiger partial charge in [0.05, 0.1) is 30.1 Å². The number of hydrogen-bond donors (Lipinski definition) is 1. The van der Waals surface area contributed by atoms with Crippen LogP contribution in [0.1, 0.15) is 74.0 Å². The van der Waals surface area contributed by atoms with Crippen LogP contribution < -0.4 is 0 Å². The standard InChI is InChI=1S/C29H35NO4/c1-20-13-24-25(28(4,5)11-10-27(24,2)3)15-23(20)29(17-33-19-34-18-29)26-9-8-21(16-30-26)14-22(32)7-6-12-31/h8-16,32H,6-7,17-19H2,1-5H3/b22-14-. The Bertz CT molecular complexity index is 1120. The van der Waals surface area contributed by atoms with Gasteiger partial charge in [0.15, 0.2) is 0 Å². The number of hydrogen-bond acceptors (Lipinski definition) is 5. The number of benzene rings is 1. The van der Waals surface area contributed by atoms with Crippen LogP contribution in [0.3, 0.4) is 0 Å². The van der Waals surface area contributed by atoms with E-state index in [1.807, 2.05) is 12.1 Å². The van der Waals surface area contributed by atoms with Crippen LogP contribution in [0.4, 0.5) is 0 Å². The van der Waals surface area contributed by atoms with Gasteiger partial charge in [-0.1, -0.05) is 58.0 Å². The van der Waals surface area contributed by atoms with Crippen LogP contribution in [0.2, 0.25) is 0 Å². The Morgan fingerprint density at radius 1 is 1.03 bits per heavy atom. The summed E-state index contributed by atoms with van der Waals surface area (Å²) in [5.74, 6) is 0.170. The quantitative estimate of drug-likeness (QED) is 0.340. The molecule has 1 fully saturated rings. The Labute approximate surface area is 202 Å². The first-order valence-corrected chi connectivity index (χ1v) is 11.9. The molecule has 5 nitrogen and oxygen atoms in total. The van der Waals surface area contributed by atoms with Crippen LogP contribution in [-0.4, -0.2) is 36.4 Å². The zero-order valence-electron chi connectivity index (χ0n) is 20.9. The molecule has 0 bridgehead atoms. The molecule has 1 N–H and O–H groups in total. The lowest BCUT2D eigenvalue weighted by atomic mass is 9.65. The highest BCUT2D eigenvalue weighted by Gasteiger charge is 2.42. The molecule has 1 saturated heterocycles. The highest BCUT2D eigenvalue weighted by Crippen LogP contribution is 2.45. The van der Waals surface area contributed by atoms with Gasteiger partial charge >= 0.3 is 0 Å². The molecule has 0 atom stereocenters. The van der Waals surface area contributed by atoms with Crippen molar-refractivity contribution in [2.75, 3.05) is 20.0 Å². The number of pyridine rings is 1. The number of fused-ring (bicyclic) bond motifs is 1. The normalized spacial score (nSPS) is 20.6. The summed E-state index contributed by atoms with van der Waals surface area (Å²) in [6, 6.07) is 8.60. The van der Waals surface area contributed by atoms with Crippen LogP contribution >= 0.6 is 0 Å². The first kappa shape index (κ1) is 24.4. The topological polar surface area (TPSA) is 68.7 Å². The maximum Gasteiger partial charge on any atom is 0.146 e. The summed E-state index contributed by atoms with van der Waals surface area (Å²) in [5.41, 5.74) is 6.08. The number of aromatic nitrogens is 1. The first-order valence-electron chi connectivity index (χ1n) is 11.9. The minimum atomic E-state index is -0.527. The number of allylic oxidation sites excluding steroid dienone is 3. The third-order valence-corrected chi connectivity index (χ3v) is 7.18. The van der Waals surface area contributed by atoms with Crippen molar-refractivity contribution in [2.24, 2.45) is 0 Å². The molecule has 1 aromatic heterocycles. The number of aldehydes is 1. The van der Waals surface area contributed by atoms with E-state index in [1.165, 1.54) is 22.3 Å². The average Bonchev–Trinajstić information content (AvgIpc) is 2.81. The molecule has 5 heteroatoms. The average molecular weight is 462 g/mol. The summed E-state index contributed by atoms with van der Waals surface area (Å²) in [6.45, 7) is 12.4. The van der Waals surface area contributed by atoms with Gasteiger partial charge in [0.2, 0.25) is 0 Å². The lowest BCUT2D eigenvalue weighted by Crippen LogP contribution is -2.44. The molecule has 34 heavy (non-hydrogen) atoms. The molecule has 0 radical (unpaired) electrons. The fourth-order valence-electron chi connectivity index (χ4n) is 5.10. The molecule has 0 unspecified atom stereocenters. The number of carbonyl (C=O) groups excluding carboxylic acids is 1. The fraction of sp³-hybridized carbons (Fsp3) is 0.448. The largest absolute Gasteiger partial charge is 0.512 e. The van der Waals surface area contributed by atoms with E-state index in [4.69, 9.17) is 14.5 Å². The first-order chi connectivity index (χ1) is 16.1. The molecule has 1 aromatic carbocycles.